The van der Waals surface area contributed by atoms with Gasteiger partial charge in [0, 0.05) is 23.7 Å². The van der Waals surface area contributed by atoms with Crippen LogP contribution < -0.4 is 4.74 Å². The minimum Gasteiger partial charge on any atom is -0.496 e. The van der Waals surface area contributed by atoms with Gasteiger partial charge in [-0.2, -0.15) is 0 Å². The summed E-state index contributed by atoms with van der Waals surface area (Å²) in [4.78, 5) is 4.49. The molecule has 0 amide bonds. The number of benzene rings is 1. The van der Waals surface area contributed by atoms with Gasteiger partial charge in [0.05, 0.1) is 18.4 Å². The molecule has 0 saturated carbocycles. The van der Waals surface area contributed by atoms with Crippen LogP contribution in [-0.4, -0.2) is 17.2 Å². The Morgan fingerprint density at radius 2 is 1.81 bits per heavy atom. The van der Waals surface area contributed by atoms with E-state index in [-0.39, 0.29) is 0 Å². The van der Waals surface area contributed by atoms with Gasteiger partial charge in [0.1, 0.15) is 5.75 Å². The second kappa shape index (κ2) is 5.86. The van der Waals surface area contributed by atoms with Crippen molar-refractivity contribution in [2.24, 2.45) is 0 Å². The summed E-state index contributed by atoms with van der Waals surface area (Å²) in [6.45, 7) is 7.81. The molecule has 3 nitrogen and oxygen atoms in total. The molecule has 0 radical (unpaired) electrons. The van der Waals surface area contributed by atoms with E-state index in [1.165, 1.54) is 0 Å². The molecule has 0 fully saturated rings. The van der Waals surface area contributed by atoms with E-state index >= 15 is 0 Å². The van der Waals surface area contributed by atoms with Crippen molar-refractivity contribution in [1.29, 1.82) is 0 Å². The molecule has 0 spiro atoms. The highest BCUT2D eigenvalue weighted by Crippen LogP contribution is 2.31. The molecule has 1 heterocycles. The van der Waals surface area contributed by atoms with Crippen LogP contribution in [0.3, 0.4) is 0 Å². The fraction of sp³-hybridized carbons (Fsp3) is 0.389. The third-order valence-corrected chi connectivity index (χ3v) is 3.99. The third-order valence-electron chi connectivity index (χ3n) is 3.99. The van der Waals surface area contributed by atoms with Gasteiger partial charge in [0.2, 0.25) is 0 Å². The quantitative estimate of drug-likeness (QED) is 0.935. The Hall–Kier alpha value is -1.87. The summed E-state index contributed by atoms with van der Waals surface area (Å²) in [7, 11) is 1.67. The van der Waals surface area contributed by atoms with Crippen molar-refractivity contribution in [3.05, 3.63) is 58.4 Å². The van der Waals surface area contributed by atoms with E-state index in [4.69, 9.17) is 4.74 Å². The van der Waals surface area contributed by atoms with Crippen molar-refractivity contribution < 1.29 is 9.84 Å². The molecule has 0 aliphatic rings. The van der Waals surface area contributed by atoms with Gasteiger partial charge in [0.25, 0.3) is 0 Å². The summed E-state index contributed by atoms with van der Waals surface area (Å²) in [5.41, 5.74) is 3.93. The normalized spacial score (nSPS) is 13.8. The van der Waals surface area contributed by atoms with Gasteiger partial charge >= 0.3 is 0 Å². The first-order valence-corrected chi connectivity index (χ1v) is 7.14. The number of hydrogen-bond acceptors (Lipinski definition) is 3. The van der Waals surface area contributed by atoms with E-state index in [0.29, 0.717) is 6.42 Å². The van der Waals surface area contributed by atoms with E-state index in [1.54, 1.807) is 13.3 Å². The molecule has 1 aromatic heterocycles. The molecule has 2 rings (SSSR count). The predicted molar refractivity (Wildman–Crippen MR) is 84.7 cm³/mol. The molecular weight excluding hydrogens is 262 g/mol. The van der Waals surface area contributed by atoms with E-state index in [2.05, 4.69) is 4.98 Å². The number of ether oxygens (including phenoxy) is 1. The fourth-order valence-corrected chi connectivity index (χ4v) is 2.85. The van der Waals surface area contributed by atoms with Crippen LogP contribution in [0, 0.1) is 20.8 Å². The summed E-state index contributed by atoms with van der Waals surface area (Å²) in [5, 5.41) is 10.9. The molecule has 1 unspecified atom stereocenters. The number of rotatable bonds is 4. The van der Waals surface area contributed by atoms with Gasteiger partial charge < -0.3 is 9.84 Å². The number of methoxy groups -OCH3 is 1. The third kappa shape index (κ3) is 3.08. The van der Waals surface area contributed by atoms with Crippen LogP contribution in [-0.2, 0) is 12.0 Å². The van der Waals surface area contributed by atoms with Crippen molar-refractivity contribution >= 4 is 0 Å². The van der Waals surface area contributed by atoms with Crippen LogP contribution in [0.2, 0.25) is 0 Å². The molecule has 2 aromatic rings. The average molecular weight is 285 g/mol. The number of nitrogens with zero attached hydrogens (tertiary/aromatic N) is 1. The van der Waals surface area contributed by atoms with Gasteiger partial charge in [-0.05, 0) is 38.8 Å². The first-order chi connectivity index (χ1) is 9.86. The van der Waals surface area contributed by atoms with Crippen LogP contribution in [0.15, 0.2) is 30.5 Å². The molecule has 0 aliphatic carbocycles. The summed E-state index contributed by atoms with van der Waals surface area (Å²) < 4.78 is 5.44. The zero-order valence-electron chi connectivity index (χ0n) is 13.4. The van der Waals surface area contributed by atoms with Crippen molar-refractivity contribution in [3.8, 4) is 5.75 Å². The van der Waals surface area contributed by atoms with Gasteiger partial charge in [-0.1, -0.05) is 24.3 Å². The Morgan fingerprint density at radius 3 is 2.43 bits per heavy atom. The van der Waals surface area contributed by atoms with Crippen LogP contribution in [0.1, 0.15) is 34.9 Å². The minimum absolute atomic E-state index is 0.459. The second-order valence-electron chi connectivity index (χ2n) is 5.81. The molecule has 0 saturated heterocycles. The van der Waals surface area contributed by atoms with E-state index in [1.807, 2.05) is 52.0 Å². The largest absolute Gasteiger partial charge is 0.496 e. The molecular formula is C18H23NO2. The maximum absolute atomic E-state index is 10.9. The molecule has 1 atom stereocenters. The first-order valence-electron chi connectivity index (χ1n) is 7.14. The summed E-state index contributed by atoms with van der Waals surface area (Å²) in [6.07, 6.45) is 2.26. The van der Waals surface area contributed by atoms with E-state index in [9.17, 15) is 5.11 Å². The molecule has 112 valence electrons. The number of pyridine rings is 1. The minimum atomic E-state index is -0.955. The lowest BCUT2D eigenvalue weighted by molar-refractivity contribution is 0.0557. The summed E-state index contributed by atoms with van der Waals surface area (Å²) in [6, 6.07) is 7.91. The predicted octanol–water partition coefficient (Wildman–Crippen LogP) is 3.47. The Balaban J connectivity index is 2.40. The Labute approximate surface area is 126 Å². The van der Waals surface area contributed by atoms with Crippen LogP contribution in [0.5, 0.6) is 5.75 Å². The zero-order chi connectivity index (χ0) is 15.6. The Bertz CT molecular complexity index is 648. The molecule has 0 bridgehead atoms. The first kappa shape index (κ1) is 15.5. The second-order valence-corrected chi connectivity index (χ2v) is 5.81. The lowest BCUT2D eigenvalue weighted by atomic mass is 9.87. The molecule has 1 N–H and O–H groups in total. The van der Waals surface area contributed by atoms with Crippen LogP contribution >= 0.6 is 0 Å². The molecule has 0 aliphatic heterocycles. The van der Waals surface area contributed by atoms with E-state index in [0.717, 1.165) is 33.7 Å². The number of aryl methyl sites for hydroxylation is 2. The fourth-order valence-electron chi connectivity index (χ4n) is 2.85. The Kier molecular flexibility index (Phi) is 4.33. The standard InChI is InChI=1S/C18H23NO2/c1-12-8-6-7-9-15(12)18(4,20)10-16-14(3)17(21-5)13(2)11-19-16/h6-9,11,20H,10H2,1-5H3. The summed E-state index contributed by atoms with van der Waals surface area (Å²) >= 11 is 0. The van der Waals surface area contributed by atoms with Gasteiger partial charge in [-0.3, -0.25) is 4.98 Å². The van der Waals surface area contributed by atoms with Crippen molar-refractivity contribution in [2.45, 2.75) is 39.7 Å². The van der Waals surface area contributed by atoms with Crippen LogP contribution in [0.25, 0.3) is 0 Å². The zero-order valence-corrected chi connectivity index (χ0v) is 13.4. The van der Waals surface area contributed by atoms with Crippen molar-refractivity contribution in [3.63, 3.8) is 0 Å². The van der Waals surface area contributed by atoms with Gasteiger partial charge in [0.15, 0.2) is 0 Å². The van der Waals surface area contributed by atoms with Crippen LogP contribution in [0.4, 0.5) is 0 Å². The highest BCUT2D eigenvalue weighted by molar-refractivity contribution is 5.42. The molecule has 3 heteroatoms. The van der Waals surface area contributed by atoms with Gasteiger partial charge in [-0.15, -0.1) is 0 Å². The van der Waals surface area contributed by atoms with Crippen molar-refractivity contribution in [2.75, 3.05) is 7.11 Å². The molecule has 21 heavy (non-hydrogen) atoms. The lowest BCUT2D eigenvalue weighted by Gasteiger charge is -2.26. The topological polar surface area (TPSA) is 42.4 Å². The van der Waals surface area contributed by atoms with E-state index < -0.39 is 5.60 Å². The highest BCUT2D eigenvalue weighted by Gasteiger charge is 2.27. The highest BCUT2D eigenvalue weighted by atomic mass is 16.5. The smallest absolute Gasteiger partial charge is 0.128 e. The number of aliphatic hydroxyl groups is 1. The Morgan fingerprint density at radius 1 is 1.14 bits per heavy atom. The summed E-state index contributed by atoms with van der Waals surface area (Å²) in [5.74, 6) is 0.848. The van der Waals surface area contributed by atoms with Gasteiger partial charge in [-0.25, -0.2) is 0 Å². The average Bonchev–Trinajstić information content (AvgIpc) is 2.43. The SMILES string of the molecule is COc1c(C)cnc(CC(C)(O)c2ccccc2C)c1C. The molecule has 1 aromatic carbocycles. The maximum atomic E-state index is 10.9. The maximum Gasteiger partial charge on any atom is 0.128 e. The number of aromatic nitrogens is 1. The van der Waals surface area contributed by atoms with Crippen molar-refractivity contribution in [1.82, 2.24) is 4.98 Å². The lowest BCUT2D eigenvalue weighted by Crippen LogP contribution is -2.26. The monoisotopic (exact) mass is 285 g/mol. The number of hydrogen-bond donors (Lipinski definition) is 1.